The number of ether oxygens (including phenoxy) is 1. The van der Waals surface area contributed by atoms with Crippen LogP contribution in [0.5, 0.6) is 5.75 Å². The van der Waals surface area contributed by atoms with Gasteiger partial charge in [-0.15, -0.1) is 13.2 Å². The zero-order chi connectivity index (χ0) is 20.1. The molecule has 0 bridgehead atoms. The van der Waals surface area contributed by atoms with Gasteiger partial charge >= 0.3 is 6.36 Å². The lowest BCUT2D eigenvalue weighted by Gasteiger charge is -2.31. The lowest BCUT2D eigenvalue weighted by Crippen LogP contribution is -2.42. The molecule has 0 unspecified atom stereocenters. The molecule has 0 aliphatic carbocycles. The molecular weight excluding hydrogens is 369 g/mol. The van der Waals surface area contributed by atoms with E-state index in [1.54, 1.807) is 6.07 Å². The zero-order valence-electron chi connectivity index (χ0n) is 15.2. The summed E-state index contributed by atoms with van der Waals surface area (Å²) < 4.78 is 40.8. The lowest BCUT2D eigenvalue weighted by molar-refractivity contribution is -0.274. The van der Waals surface area contributed by atoms with Crippen LogP contribution in [-0.2, 0) is 0 Å². The second kappa shape index (κ2) is 8.31. The van der Waals surface area contributed by atoms with Crippen LogP contribution in [0.15, 0.2) is 42.6 Å². The van der Waals surface area contributed by atoms with Crippen LogP contribution < -0.4 is 15.4 Å². The maximum Gasteiger partial charge on any atom is 0.573 e. The molecule has 0 atom stereocenters. The number of pyridine rings is 1. The molecule has 1 fully saturated rings. The second-order valence-corrected chi connectivity index (χ2v) is 6.31. The monoisotopic (exact) mass is 388 g/mol. The fourth-order valence-electron chi connectivity index (χ4n) is 3.02. The molecule has 28 heavy (non-hydrogen) atoms. The molecule has 2 heterocycles. The van der Waals surface area contributed by atoms with Crippen LogP contribution in [0.4, 0.5) is 24.7 Å². The van der Waals surface area contributed by atoms with Gasteiger partial charge in [-0.05, 0) is 42.3 Å². The number of aromatic nitrogens is 1. The minimum atomic E-state index is -4.73. The molecule has 5 nitrogen and oxygen atoms in total. The number of benzene rings is 1. The lowest BCUT2D eigenvalue weighted by atomic mass is 9.85. The quantitative estimate of drug-likeness (QED) is 0.756. The van der Waals surface area contributed by atoms with E-state index >= 15 is 0 Å². The van der Waals surface area contributed by atoms with Gasteiger partial charge in [0, 0.05) is 36.5 Å². The van der Waals surface area contributed by atoms with Crippen molar-refractivity contribution in [3.8, 4) is 11.8 Å². The van der Waals surface area contributed by atoms with Crippen LogP contribution >= 0.6 is 0 Å². The summed E-state index contributed by atoms with van der Waals surface area (Å²) in [6, 6.07) is 9.27. The molecular formula is C20H19F3N4O. The third-order valence-corrected chi connectivity index (χ3v) is 4.36. The Morgan fingerprint density at radius 1 is 1.32 bits per heavy atom. The smallest absolute Gasteiger partial charge is 0.406 e. The molecule has 0 radical (unpaired) electrons. The highest BCUT2D eigenvalue weighted by atomic mass is 19.4. The topological polar surface area (TPSA) is 70.0 Å². The van der Waals surface area contributed by atoms with E-state index in [1.807, 2.05) is 6.92 Å². The van der Waals surface area contributed by atoms with Crippen LogP contribution in [-0.4, -0.2) is 24.4 Å². The van der Waals surface area contributed by atoms with E-state index in [9.17, 15) is 18.4 Å². The predicted octanol–water partition coefficient (Wildman–Crippen LogP) is 4.61. The average Bonchev–Trinajstić information content (AvgIpc) is 2.60. The number of alkyl halides is 3. The van der Waals surface area contributed by atoms with Crippen LogP contribution in [0.2, 0.25) is 0 Å². The molecule has 1 aromatic carbocycles. The van der Waals surface area contributed by atoms with Gasteiger partial charge in [0.05, 0.1) is 11.6 Å². The third kappa shape index (κ3) is 4.61. The summed E-state index contributed by atoms with van der Waals surface area (Å²) in [7, 11) is 0. The highest BCUT2D eigenvalue weighted by Gasteiger charge is 2.31. The molecule has 1 saturated heterocycles. The predicted molar refractivity (Wildman–Crippen MR) is 100.0 cm³/mol. The van der Waals surface area contributed by atoms with Crippen LogP contribution in [0, 0.1) is 17.2 Å². The molecule has 2 N–H and O–H groups in total. The molecule has 8 heteroatoms. The largest absolute Gasteiger partial charge is 0.573 e. The van der Waals surface area contributed by atoms with Crippen molar-refractivity contribution < 1.29 is 17.9 Å². The Morgan fingerprint density at radius 2 is 2.04 bits per heavy atom. The maximum absolute atomic E-state index is 12.3. The summed E-state index contributed by atoms with van der Waals surface area (Å²) >= 11 is 0. The Morgan fingerprint density at radius 3 is 2.57 bits per heavy atom. The van der Waals surface area contributed by atoms with Crippen molar-refractivity contribution >= 4 is 17.1 Å². The molecule has 0 spiro atoms. The van der Waals surface area contributed by atoms with Crippen LogP contribution in [0.1, 0.15) is 24.5 Å². The number of hydrogen-bond donors (Lipinski definition) is 2. The van der Waals surface area contributed by atoms with Gasteiger partial charge in [-0.1, -0.05) is 13.0 Å². The van der Waals surface area contributed by atoms with Crippen molar-refractivity contribution in [3.63, 3.8) is 0 Å². The fourth-order valence-corrected chi connectivity index (χ4v) is 3.02. The van der Waals surface area contributed by atoms with Gasteiger partial charge in [0.25, 0.3) is 0 Å². The number of anilines is 2. The normalized spacial score (nSPS) is 14.9. The summed E-state index contributed by atoms with van der Waals surface area (Å²) in [5.74, 6) is 0.485. The Labute approximate surface area is 160 Å². The summed E-state index contributed by atoms with van der Waals surface area (Å²) in [6.45, 7) is 3.68. The minimum absolute atomic E-state index is 0.291. The number of nitrogens with zero attached hydrogens (tertiary/aromatic N) is 2. The Bertz CT molecular complexity index is 897. The number of hydrogen-bond acceptors (Lipinski definition) is 5. The van der Waals surface area contributed by atoms with E-state index in [0.717, 1.165) is 30.6 Å². The number of rotatable bonds is 6. The zero-order valence-corrected chi connectivity index (χ0v) is 15.2. The van der Waals surface area contributed by atoms with Crippen molar-refractivity contribution in [1.82, 2.24) is 10.3 Å². The van der Waals surface area contributed by atoms with Gasteiger partial charge in [-0.2, -0.15) is 5.26 Å². The SMILES string of the molecule is CC/C=C(/c1c(C#N)ccnc1Nc1ccc(OC(F)(F)F)cc1)C1CNC1. The van der Waals surface area contributed by atoms with Gasteiger partial charge < -0.3 is 15.4 Å². The van der Waals surface area contributed by atoms with E-state index in [-0.39, 0.29) is 5.75 Å². The Balaban J connectivity index is 1.92. The third-order valence-electron chi connectivity index (χ3n) is 4.36. The average molecular weight is 388 g/mol. The number of halogens is 3. The van der Waals surface area contributed by atoms with E-state index < -0.39 is 6.36 Å². The maximum atomic E-state index is 12.3. The van der Waals surface area contributed by atoms with Gasteiger partial charge in [0.1, 0.15) is 11.6 Å². The van der Waals surface area contributed by atoms with Crippen molar-refractivity contribution in [2.24, 2.45) is 5.92 Å². The fraction of sp³-hybridized carbons (Fsp3) is 0.300. The van der Waals surface area contributed by atoms with Gasteiger partial charge in [-0.3, -0.25) is 0 Å². The Hall–Kier alpha value is -3.05. The first-order valence-electron chi connectivity index (χ1n) is 8.84. The number of allylic oxidation sites excluding steroid dienone is 1. The minimum Gasteiger partial charge on any atom is -0.406 e. The first-order valence-corrected chi connectivity index (χ1v) is 8.84. The van der Waals surface area contributed by atoms with E-state index in [2.05, 4.69) is 32.5 Å². The van der Waals surface area contributed by atoms with E-state index in [1.165, 1.54) is 30.5 Å². The van der Waals surface area contributed by atoms with Crippen molar-refractivity contribution in [2.75, 3.05) is 18.4 Å². The summed E-state index contributed by atoms with van der Waals surface area (Å²) in [6.07, 6.45) is -0.293. The standard InChI is InChI=1S/C20H19F3N4O/c1-2-3-17(14-11-25-12-14)18-13(10-24)8-9-26-19(18)27-15-4-6-16(7-5-15)28-20(21,22)23/h3-9,14,25H,2,11-12H2,1H3,(H,26,27)/b17-3+. The van der Waals surface area contributed by atoms with Crippen LogP contribution in [0.25, 0.3) is 5.57 Å². The van der Waals surface area contributed by atoms with Gasteiger partial charge in [0.2, 0.25) is 0 Å². The van der Waals surface area contributed by atoms with E-state index in [4.69, 9.17) is 0 Å². The van der Waals surface area contributed by atoms with E-state index in [0.29, 0.717) is 23.0 Å². The molecule has 1 aromatic heterocycles. The molecule has 0 amide bonds. The van der Waals surface area contributed by atoms with Gasteiger partial charge in [0.15, 0.2) is 0 Å². The number of nitrogens with one attached hydrogen (secondary N) is 2. The molecule has 1 aliphatic heterocycles. The van der Waals surface area contributed by atoms with Crippen molar-refractivity contribution in [2.45, 2.75) is 19.7 Å². The highest BCUT2D eigenvalue weighted by molar-refractivity contribution is 5.82. The summed E-state index contributed by atoms with van der Waals surface area (Å²) in [5.41, 5.74) is 2.82. The molecule has 1 aliphatic rings. The Kier molecular flexibility index (Phi) is 5.85. The van der Waals surface area contributed by atoms with Crippen molar-refractivity contribution in [1.29, 1.82) is 5.26 Å². The highest BCUT2D eigenvalue weighted by Crippen LogP contribution is 2.35. The first kappa shape index (κ1) is 19.7. The molecule has 2 aromatic rings. The molecule has 146 valence electrons. The number of nitriles is 1. The summed E-state index contributed by atoms with van der Waals surface area (Å²) in [5, 5.41) is 15.9. The molecule has 0 saturated carbocycles. The molecule has 3 rings (SSSR count). The first-order chi connectivity index (χ1) is 13.4. The van der Waals surface area contributed by atoms with Crippen molar-refractivity contribution in [3.05, 3.63) is 53.7 Å². The summed E-state index contributed by atoms with van der Waals surface area (Å²) in [4.78, 5) is 4.37. The van der Waals surface area contributed by atoms with Crippen LogP contribution in [0.3, 0.4) is 0 Å². The van der Waals surface area contributed by atoms with Gasteiger partial charge in [-0.25, -0.2) is 4.98 Å². The second-order valence-electron chi connectivity index (χ2n) is 6.31.